The molecular formula is C9H13. The lowest BCUT2D eigenvalue weighted by molar-refractivity contribution is 0.761. The molecule has 0 saturated heterocycles. The van der Waals surface area contributed by atoms with E-state index in [0.717, 1.165) is 12.8 Å². The maximum absolute atomic E-state index is 4.99. The van der Waals surface area contributed by atoms with Crippen molar-refractivity contribution < 1.29 is 0 Å². The van der Waals surface area contributed by atoms with Crippen LogP contribution in [0.1, 0.15) is 25.7 Å². The quantitative estimate of drug-likeness (QED) is 0.396. The van der Waals surface area contributed by atoms with Crippen LogP contribution in [0, 0.1) is 19.3 Å². The molecule has 0 saturated carbocycles. The van der Waals surface area contributed by atoms with Crippen LogP contribution in [0.5, 0.6) is 0 Å². The second-order valence-electron chi connectivity index (χ2n) is 1.92. The van der Waals surface area contributed by atoms with Crippen molar-refractivity contribution in [1.29, 1.82) is 0 Å². The molecule has 0 unspecified atom stereocenters. The number of hydrogen-bond donors (Lipinski definition) is 0. The van der Waals surface area contributed by atoms with Gasteiger partial charge in [-0.2, -0.15) is 0 Å². The first kappa shape index (κ1) is 8.30. The van der Waals surface area contributed by atoms with Crippen LogP contribution in [0.15, 0.2) is 12.2 Å². The van der Waals surface area contributed by atoms with Crippen LogP contribution in [0.25, 0.3) is 0 Å². The van der Waals surface area contributed by atoms with E-state index < -0.39 is 0 Å². The van der Waals surface area contributed by atoms with Gasteiger partial charge in [0.15, 0.2) is 0 Å². The van der Waals surface area contributed by atoms with Crippen molar-refractivity contribution in [1.82, 2.24) is 0 Å². The highest BCUT2D eigenvalue weighted by Crippen LogP contribution is 1.98. The Hall–Kier alpha value is -0.700. The fourth-order valence-corrected chi connectivity index (χ4v) is 0.590. The Balaban J connectivity index is 2.93. The van der Waals surface area contributed by atoms with Gasteiger partial charge >= 0.3 is 0 Å². The van der Waals surface area contributed by atoms with Gasteiger partial charge in [-0.15, -0.1) is 6.42 Å². The molecule has 0 heterocycles. The minimum absolute atomic E-state index is 1.03. The number of hydrogen-bond acceptors (Lipinski definition) is 0. The minimum Gasteiger partial charge on any atom is -0.115 e. The third-order valence-corrected chi connectivity index (χ3v) is 1.08. The molecular weight excluding hydrogens is 108 g/mol. The zero-order valence-electron chi connectivity index (χ0n) is 5.77. The lowest BCUT2D eigenvalue weighted by Gasteiger charge is -1.88. The average Bonchev–Trinajstić information content (AvgIpc) is 1.89. The van der Waals surface area contributed by atoms with Gasteiger partial charge in [-0.25, -0.2) is 0 Å². The molecule has 0 aliphatic rings. The third-order valence-electron chi connectivity index (χ3n) is 1.08. The van der Waals surface area contributed by atoms with Crippen molar-refractivity contribution in [3.8, 4) is 12.3 Å². The zero-order valence-corrected chi connectivity index (χ0v) is 5.77. The highest BCUT2D eigenvalue weighted by molar-refractivity contribution is 5.08. The standard InChI is InChI=1S/C9H13/c1-3-5-7-9-8-6-4-2/h1,5,7H,2,4,6,8-9H2. The molecule has 0 aromatic carbocycles. The second-order valence-corrected chi connectivity index (χ2v) is 1.92. The summed E-state index contributed by atoms with van der Waals surface area (Å²) in [7, 11) is 0. The summed E-state index contributed by atoms with van der Waals surface area (Å²) in [6, 6.07) is 0. The molecule has 1 radical (unpaired) electrons. The monoisotopic (exact) mass is 121 g/mol. The molecule has 0 aromatic heterocycles. The van der Waals surface area contributed by atoms with Crippen molar-refractivity contribution >= 4 is 0 Å². The van der Waals surface area contributed by atoms with E-state index in [-0.39, 0.29) is 0 Å². The van der Waals surface area contributed by atoms with Gasteiger partial charge in [0.2, 0.25) is 0 Å². The fourth-order valence-electron chi connectivity index (χ4n) is 0.590. The highest BCUT2D eigenvalue weighted by atomic mass is 13.8. The second kappa shape index (κ2) is 7.30. The van der Waals surface area contributed by atoms with E-state index >= 15 is 0 Å². The Morgan fingerprint density at radius 1 is 1.44 bits per heavy atom. The maximum Gasteiger partial charge on any atom is -0.0162 e. The summed E-state index contributed by atoms with van der Waals surface area (Å²) >= 11 is 0. The Morgan fingerprint density at radius 2 is 2.22 bits per heavy atom. The lowest BCUT2D eigenvalue weighted by atomic mass is 10.2. The van der Waals surface area contributed by atoms with Gasteiger partial charge in [0.05, 0.1) is 0 Å². The summed E-state index contributed by atoms with van der Waals surface area (Å²) in [4.78, 5) is 0. The zero-order chi connectivity index (χ0) is 6.95. The predicted molar refractivity (Wildman–Crippen MR) is 41.8 cm³/mol. The molecule has 0 atom stereocenters. The van der Waals surface area contributed by atoms with E-state index in [4.69, 9.17) is 6.42 Å². The van der Waals surface area contributed by atoms with E-state index in [0.29, 0.717) is 0 Å². The summed E-state index contributed by atoms with van der Waals surface area (Å²) < 4.78 is 0. The third kappa shape index (κ3) is 7.30. The Kier molecular flexibility index (Phi) is 6.73. The van der Waals surface area contributed by atoms with Crippen LogP contribution >= 0.6 is 0 Å². The maximum atomic E-state index is 4.99. The van der Waals surface area contributed by atoms with Gasteiger partial charge in [0.25, 0.3) is 0 Å². The lowest BCUT2D eigenvalue weighted by Crippen LogP contribution is -1.69. The molecule has 0 aromatic rings. The molecule has 0 bridgehead atoms. The van der Waals surface area contributed by atoms with Gasteiger partial charge in [0.1, 0.15) is 0 Å². The summed E-state index contributed by atoms with van der Waals surface area (Å²) in [6.07, 6.45) is 13.3. The number of allylic oxidation sites excluding steroid dienone is 2. The van der Waals surface area contributed by atoms with Crippen LogP contribution < -0.4 is 0 Å². The average molecular weight is 121 g/mol. The van der Waals surface area contributed by atoms with E-state index in [2.05, 4.69) is 12.8 Å². The van der Waals surface area contributed by atoms with Crippen molar-refractivity contribution in [2.45, 2.75) is 25.7 Å². The molecule has 0 rings (SSSR count). The predicted octanol–water partition coefficient (Wildman–Crippen LogP) is 2.57. The molecule has 0 aliphatic carbocycles. The van der Waals surface area contributed by atoms with E-state index in [1.165, 1.54) is 12.8 Å². The van der Waals surface area contributed by atoms with Gasteiger partial charge in [-0.3, -0.25) is 0 Å². The molecule has 0 N–H and O–H groups in total. The topological polar surface area (TPSA) is 0 Å². The Bertz CT molecular complexity index is 104. The Labute approximate surface area is 58.0 Å². The van der Waals surface area contributed by atoms with Crippen molar-refractivity contribution in [3.05, 3.63) is 19.1 Å². The van der Waals surface area contributed by atoms with Gasteiger partial charge in [0, 0.05) is 0 Å². The van der Waals surface area contributed by atoms with Gasteiger partial charge in [-0.1, -0.05) is 31.8 Å². The van der Waals surface area contributed by atoms with E-state index in [9.17, 15) is 0 Å². The molecule has 0 nitrogen and oxygen atoms in total. The van der Waals surface area contributed by atoms with Crippen LogP contribution in [-0.2, 0) is 0 Å². The van der Waals surface area contributed by atoms with Crippen LogP contribution in [0.2, 0.25) is 0 Å². The van der Waals surface area contributed by atoms with E-state index in [1.807, 2.05) is 6.08 Å². The molecule has 0 heteroatoms. The molecule has 49 valence electrons. The SMILES string of the molecule is C#CC=CCCCC[CH2]. The number of unbranched alkanes of at least 4 members (excludes halogenated alkanes) is 3. The normalized spacial score (nSPS) is 9.78. The van der Waals surface area contributed by atoms with Crippen LogP contribution in [-0.4, -0.2) is 0 Å². The number of terminal acetylenes is 1. The van der Waals surface area contributed by atoms with Crippen molar-refractivity contribution in [3.63, 3.8) is 0 Å². The van der Waals surface area contributed by atoms with Gasteiger partial charge < -0.3 is 0 Å². The van der Waals surface area contributed by atoms with Crippen molar-refractivity contribution in [2.24, 2.45) is 0 Å². The summed E-state index contributed by atoms with van der Waals surface area (Å²) in [5.74, 6) is 2.45. The smallest absolute Gasteiger partial charge is 0.0162 e. The first-order valence-corrected chi connectivity index (χ1v) is 3.32. The van der Waals surface area contributed by atoms with Crippen molar-refractivity contribution in [2.75, 3.05) is 0 Å². The first-order chi connectivity index (χ1) is 4.41. The van der Waals surface area contributed by atoms with Gasteiger partial charge in [-0.05, 0) is 18.9 Å². The fraction of sp³-hybridized carbons (Fsp3) is 0.444. The summed E-state index contributed by atoms with van der Waals surface area (Å²) in [5.41, 5.74) is 0. The molecule has 0 amide bonds. The van der Waals surface area contributed by atoms with Crippen LogP contribution in [0.3, 0.4) is 0 Å². The molecule has 0 fully saturated rings. The largest absolute Gasteiger partial charge is 0.115 e. The summed E-state index contributed by atoms with van der Waals surface area (Å²) in [6.45, 7) is 3.74. The Morgan fingerprint density at radius 3 is 2.78 bits per heavy atom. The molecule has 0 spiro atoms. The molecule has 9 heavy (non-hydrogen) atoms. The first-order valence-electron chi connectivity index (χ1n) is 3.32. The van der Waals surface area contributed by atoms with E-state index in [1.54, 1.807) is 6.08 Å². The van der Waals surface area contributed by atoms with Crippen LogP contribution in [0.4, 0.5) is 0 Å². The molecule has 0 aliphatic heterocycles. The minimum atomic E-state index is 1.03. The highest BCUT2D eigenvalue weighted by Gasteiger charge is 1.79. The number of rotatable bonds is 4. The summed E-state index contributed by atoms with van der Waals surface area (Å²) in [5, 5.41) is 0.